The fourth-order valence-electron chi connectivity index (χ4n) is 3.19. The number of imidazole rings is 1. The van der Waals surface area contributed by atoms with E-state index in [2.05, 4.69) is 15.2 Å². The minimum atomic E-state index is -2.82. The van der Waals surface area contributed by atoms with E-state index in [-0.39, 0.29) is 18.1 Å². The molecule has 30 heavy (non-hydrogen) atoms. The Balaban J connectivity index is 1.62. The second-order valence-electron chi connectivity index (χ2n) is 7.10. The van der Waals surface area contributed by atoms with Gasteiger partial charge in [0.25, 0.3) is 5.89 Å². The quantitative estimate of drug-likeness (QED) is 0.463. The van der Waals surface area contributed by atoms with E-state index in [1.807, 2.05) is 43.3 Å². The highest BCUT2D eigenvalue weighted by Gasteiger charge is 2.18. The third-order valence-corrected chi connectivity index (χ3v) is 4.72. The van der Waals surface area contributed by atoms with Gasteiger partial charge in [0.2, 0.25) is 5.89 Å². The van der Waals surface area contributed by atoms with Gasteiger partial charge in [0, 0.05) is 19.3 Å². The molecular weight excluding hydrogens is 394 g/mol. The number of benzene rings is 1. The van der Waals surface area contributed by atoms with Gasteiger partial charge in [-0.15, -0.1) is 10.2 Å². The van der Waals surface area contributed by atoms with Crippen molar-refractivity contribution in [3.63, 3.8) is 0 Å². The molecule has 3 heterocycles. The van der Waals surface area contributed by atoms with Crippen molar-refractivity contribution in [2.75, 3.05) is 20.6 Å². The van der Waals surface area contributed by atoms with Gasteiger partial charge in [0.05, 0.1) is 28.8 Å². The summed E-state index contributed by atoms with van der Waals surface area (Å²) in [4.78, 5) is 19.4. The van der Waals surface area contributed by atoms with E-state index < -0.39 is 12.3 Å². The Kier molecular flexibility index (Phi) is 5.40. The first-order valence-electron chi connectivity index (χ1n) is 9.33. The number of alkyl halides is 2. The number of fused-ring (bicyclic) bond motifs is 1. The molecule has 0 atom stereocenters. The highest BCUT2D eigenvalue weighted by Crippen LogP contribution is 2.23. The molecule has 0 amide bonds. The van der Waals surface area contributed by atoms with Crippen LogP contribution in [0.25, 0.3) is 22.5 Å². The SMILES string of the molecule is CN(C)CCn1c(=O)n(Cc2ccc(-c3nnc(C(F)F)o3)cn2)c2ccccc21. The topological polar surface area (TPSA) is 82.0 Å². The lowest BCUT2D eigenvalue weighted by molar-refractivity contribution is 0.116. The molecule has 0 aliphatic carbocycles. The van der Waals surface area contributed by atoms with E-state index in [1.54, 1.807) is 21.3 Å². The molecule has 0 aliphatic rings. The maximum atomic E-state index is 13.0. The number of nitrogens with zero attached hydrogens (tertiary/aromatic N) is 6. The zero-order valence-electron chi connectivity index (χ0n) is 16.5. The van der Waals surface area contributed by atoms with E-state index in [9.17, 15) is 13.6 Å². The maximum absolute atomic E-state index is 13.0. The zero-order valence-corrected chi connectivity index (χ0v) is 16.5. The Morgan fingerprint density at radius 3 is 2.40 bits per heavy atom. The van der Waals surface area contributed by atoms with Gasteiger partial charge in [-0.2, -0.15) is 8.78 Å². The van der Waals surface area contributed by atoms with Crippen molar-refractivity contribution in [2.24, 2.45) is 0 Å². The monoisotopic (exact) mass is 414 g/mol. The summed E-state index contributed by atoms with van der Waals surface area (Å²) in [6.45, 7) is 1.60. The fraction of sp³-hybridized carbons (Fsp3) is 0.300. The average molecular weight is 414 g/mol. The van der Waals surface area contributed by atoms with E-state index in [1.165, 1.54) is 6.20 Å². The van der Waals surface area contributed by atoms with Crippen LogP contribution in [-0.4, -0.2) is 49.9 Å². The lowest BCUT2D eigenvalue weighted by Gasteiger charge is -2.09. The maximum Gasteiger partial charge on any atom is 0.329 e. The zero-order chi connectivity index (χ0) is 21.3. The van der Waals surface area contributed by atoms with Crippen molar-refractivity contribution >= 4 is 11.0 Å². The van der Waals surface area contributed by atoms with Crippen molar-refractivity contribution in [1.29, 1.82) is 0 Å². The first kappa shape index (κ1) is 19.9. The average Bonchev–Trinajstić information content (AvgIpc) is 3.32. The Hall–Kier alpha value is -3.40. The lowest BCUT2D eigenvalue weighted by Crippen LogP contribution is -2.28. The number of para-hydroxylation sites is 2. The molecule has 0 aliphatic heterocycles. The molecule has 0 bridgehead atoms. The van der Waals surface area contributed by atoms with Crippen molar-refractivity contribution in [1.82, 2.24) is 29.2 Å². The van der Waals surface area contributed by atoms with Crippen molar-refractivity contribution in [2.45, 2.75) is 19.5 Å². The number of aromatic nitrogens is 5. The second-order valence-corrected chi connectivity index (χ2v) is 7.10. The summed E-state index contributed by atoms with van der Waals surface area (Å²) in [6, 6.07) is 11.0. The van der Waals surface area contributed by atoms with Crippen molar-refractivity contribution in [3.8, 4) is 11.5 Å². The smallest absolute Gasteiger partial charge is 0.329 e. The van der Waals surface area contributed by atoms with Crippen LogP contribution in [0.1, 0.15) is 18.0 Å². The van der Waals surface area contributed by atoms with Crippen LogP contribution in [0, 0.1) is 0 Å². The molecular formula is C20H20F2N6O2. The van der Waals surface area contributed by atoms with Crippen LogP contribution < -0.4 is 5.69 Å². The van der Waals surface area contributed by atoms with Crippen LogP contribution in [0.5, 0.6) is 0 Å². The molecule has 3 aromatic heterocycles. The standard InChI is InChI=1S/C20H20F2N6O2/c1-26(2)9-10-27-15-5-3-4-6-16(15)28(20(27)29)12-14-8-7-13(11-23-14)18-24-25-19(30-18)17(21)22/h3-8,11,17H,9-10,12H2,1-2H3. The number of rotatable bonds is 7. The molecule has 0 saturated heterocycles. The van der Waals surface area contributed by atoms with Gasteiger partial charge in [-0.25, -0.2) is 4.79 Å². The van der Waals surface area contributed by atoms with Gasteiger partial charge in [0.15, 0.2) is 0 Å². The van der Waals surface area contributed by atoms with E-state index in [4.69, 9.17) is 4.42 Å². The number of pyridine rings is 1. The number of likely N-dealkylation sites (N-methyl/N-ethyl adjacent to an activating group) is 1. The third-order valence-electron chi connectivity index (χ3n) is 4.72. The van der Waals surface area contributed by atoms with Crippen LogP contribution in [-0.2, 0) is 13.1 Å². The molecule has 10 heteroatoms. The minimum absolute atomic E-state index is 0.0261. The number of halogens is 2. The molecule has 0 radical (unpaired) electrons. The van der Waals surface area contributed by atoms with Crippen LogP contribution in [0.2, 0.25) is 0 Å². The molecule has 4 aromatic rings. The Morgan fingerprint density at radius 1 is 1.07 bits per heavy atom. The van der Waals surface area contributed by atoms with Crippen LogP contribution in [0.3, 0.4) is 0 Å². The summed E-state index contributed by atoms with van der Waals surface area (Å²) in [5, 5.41) is 6.93. The molecule has 0 N–H and O–H groups in total. The molecule has 4 rings (SSSR count). The molecule has 0 spiro atoms. The summed E-state index contributed by atoms with van der Waals surface area (Å²) < 4.78 is 33.6. The summed E-state index contributed by atoms with van der Waals surface area (Å²) in [6.07, 6.45) is -1.36. The molecule has 0 saturated carbocycles. The second kappa shape index (κ2) is 8.15. The predicted molar refractivity (Wildman–Crippen MR) is 106 cm³/mol. The fourth-order valence-corrected chi connectivity index (χ4v) is 3.19. The predicted octanol–water partition coefficient (Wildman–Crippen LogP) is 2.80. The molecule has 156 valence electrons. The van der Waals surface area contributed by atoms with E-state index in [0.29, 0.717) is 17.8 Å². The van der Waals surface area contributed by atoms with Gasteiger partial charge in [-0.1, -0.05) is 12.1 Å². The van der Waals surface area contributed by atoms with Crippen LogP contribution >= 0.6 is 0 Å². The summed E-state index contributed by atoms with van der Waals surface area (Å²) in [5.74, 6) is -0.757. The third kappa shape index (κ3) is 3.86. The Morgan fingerprint density at radius 2 is 1.80 bits per heavy atom. The van der Waals surface area contributed by atoms with Crippen molar-refractivity contribution in [3.05, 3.63) is 64.7 Å². The van der Waals surface area contributed by atoms with E-state index >= 15 is 0 Å². The lowest BCUT2D eigenvalue weighted by atomic mass is 10.2. The van der Waals surface area contributed by atoms with Crippen LogP contribution in [0.4, 0.5) is 8.78 Å². The molecule has 8 nitrogen and oxygen atoms in total. The van der Waals surface area contributed by atoms with Crippen molar-refractivity contribution < 1.29 is 13.2 Å². The summed E-state index contributed by atoms with van der Waals surface area (Å²) in [7, 11) is 3.92. The van der Waals surface area contributed by atoms with Gasteiger partial charge in [0.1, 0.15) is 0 Å². The Bertz CT molecular complexity index is 1210. The Labute approximate surface area is 170 Å². The minimum Gasteiger partial charge on any atom is -0.415 e. The van der Waals surface area contributed by atoms with Gasteiger partial charge in [-0.3, -0.25) is 14.1 Å². The van der Waals surface area contributed by atoms with Gasteiger partial charge >= 0.3 is 12.1 Å². The number of hydrogen-bond acceptors (Lipinski definition) is 6. The first-order valence-corrected chi connectivity index (χ1v) is 9.33. The number of hydrogen-bond donors (Lipinski definition) is 0. The van der Waals surface area contributed by atoms with E-state index in [0.717, 1.165) is 17.6 Å². The largest absolute Gasteiger partial charge is 0.415 e. The summed E-state index contributed by atoms with van der Waals surface area (Å²) in [5.41, 5.74) is 2.66. The summed E-state index contributed by atoms with van der Waals surface area (Å²) >= 11 is 0. The first-order chi connectivity index (χ1) is 14.4. The molecule has 1 aromatic carbocycles. The van der Waals surface area contributed by atoms with Crippen LogP contribution in [0.15, 0.2) is 51.8 Å². The van der Waals surface area contributed by atoms with Gasteiger partial charge < -0.3 is 9.32 Å². The molecule has 0 fully saturated rings. The highest BCUT2D eigenvalue weighted by molar-refractivity contribution is 5.76. The van der Waals surface area contributed by atoms with Gasteiger partial charge in [-0.05, 0) is 38.4 Å². The molecule has 0 unspecified atom stereocenters. The highest BCUT2D eigenvalue weighted by atomic mass is 19.3. The normalized spacial score (nSPS) is 11.8.